The van der Waals surface area contributed by atoms with Crippen LogP contribution in [0, 0.1) is 23.7 Å². The highest BCUT2D eigenvalue weighted by atomic mass is 32.2. The van der Waals surface area contributed by atoms with E-state index in [1.54, 1.807) is 29.2 Å². The lowest BCUT2D eigenvalue weighted by Gasteiger charge is -2.33. The number of carbonyl (C=O) groups excluding carboxylic acids is 1. The molecule has 2 aliphatic carbocycles. The molecule has 2 aromatic carbocycles. The van der Waals surface area contributed by atoms with E-state index >= 15 is 0 Å². The number of aromatic nitrogens is 4. The van der Waals surface area contributed by atoms with E-state index in [0.29, 0.717) is 41.6 Å². The Kier molecular flexibility index (Phi) is 12.9. The molecule has 14 heteroatoms. The third-order valence-electron chi connectivity index (χ3n) is 12.4. The lowest BCUT2D eigenvalue weighted by atomic mass is 9.95. The number of benzene rings is 2. The largest absolute Gasteiger partial charge is 0.444 e. The molecule has 1 N–H and O–H groups in total. The normalized spacial score (nSPS) is 19.0. The maximum absolute atomic E-state index is 13.3. The van der Waals surface area contributed by atoms with Gasteiger partial charge in [0.2, 0.25) is 0 Å². The van der Waals surface area contributed by atoms with Crippen molar-refractivity contribution in [2.75, 3.05) is 37.7 Å². The average Bonchev–Trinajstić information content (AvgIpc) is 4.09. The Bertz CT molecular complexity index is 2430. The molecule has 4 heterocycles. The number of fused-ring (bicyclic) bond motifs is 2. The molecular formula is C47H70N6O6S2. The molecule has 0 unspecified atom stereocenters. The van der Waals surface area contributed by atoms with E-state index in [1.165, 1.54) is 25.7 Å². The Morgan fingerprint density at radius 2 is 1.03 bits per heavy atom. The number of carbonyl (C=O) groups is 1. The van der Waals surface area contributed by atoms with Gasteiger partial charge in [-0.15, -0.1) is 0 Å². The van der Waals surface area contributed by atoms with Gasteiger partial charge in [0.05, 0.1) is 43.4 Å². The van der Waals surface area contributed by atoms with Crippen LogP contribution in [-0.4, -0.2) is 90.2 Å². The number of ether oxygens (including phenoxy) is 1. The van der Waals surface area contributed by atoms with Gasteiger partial charge in [-0.25, -0.2) is 31.6 Å². The summed E-state index contributed by atoms with van der Waals surface area (Å²) in [6.45, 7) is 23.3. The van der Waals surface area contributed by atoms with E-state index in [1.807, 2.05) is 32.9 Å². The maximum Gasteiger partial charge on any atom is 0.410 e. The summed E-state index contributed by atoms with van der Waals surface area (Å²) in [4.78, 5) is 24.5. The highest BCUT2D eigenvalue weighted by Crippen LogP contribution is 2.37. The number of amides is 1. The zero-order valence-electron chi connectivity index (χ0n) is 38.1. The van der Waals surface area contributed by atoms with Gasteiger partial charge in [0.15, 0.2) is 19.7 Å². The Balaban J connectivity index is 0.000000189. The quantitative estimate of drug-likeness (QED) is 0.165. The van der Waals surface area contributed by atoms with Gasteiger partial charge in [-0.05, 0) is 145 Å². The Morgan fingerprint density at radius 1 is 0.623 bits per heavy atom. The number of hydrogen-bond donors (Lipinski definition) is 1. The number of hydrogen-bond acceptors (Lipinski definition) is 9. The Labute approximate surface area is 364 Å². The lowest BCUT2D eigenvalue weighted by Crippen LogP contribution is -2.42. The third-order valence-corrected chi connectivity index (χ3v) is 16.2. The van der Waals surface area contributed by atoms with Gasteiger partial charge in [0.25, 0.3) is 0 Å². The zero-order valence-corrected chi connectivity index (χ0v) is 39.7. The number of nitrogens with zero attached hydrogens (tertiary/aromatic N) is 5. The van der Waals surface area contributed by atoms with Crippen LogP contribution in [0.2, 0.25) is 0 Å². The molecule has 2 saturated carbocycles. The van der Waals surface area contributed by atoms with Crippen molar-refractivity contribution in [3.63, 3.8) is 0 Å². The second-order valence-electron chi connectivity index (χ2n) is 21.4. The van der Waals surface area contributed by atoms with Crippen LogP contribution in [-0.2, 0) is 48.3 Å². The number of sulfone groups is 2. The summed E-state index contributed by atoms with van der Waals surface area (Å²) in [5.74, 6) is 4.13. The van der Waals surface area contributed by atoms with Crippen LogP contribution in [0.5, 0.6) is 0 Å². The van der Waals surface area contributed by atoms with Crippen molar-refractivity contribution < 1.29 is 26.4 Å². The molecule has 4 fully saturated rings. The monoisotopic (exact) mass is 878 g/mol. The van der Waals surface area contributed by atoms with E-state index in [-0.39, 0.29) is 40.3 Å². The molecule has 336 valence electrons. The number of likely N-dealkylation sites (tertiary alicyclic amines) is 1. The maximum atomic E-state index is 13.3. The molecule has 2 aromatic heterocycles. The minimum absolute atomic E-state index is 0.0249. The minimum Gasteiger partial charge on any atom is -0.444 e. The molecular weight excluding hydrogens is 809 g/mol. The predicted octanol–water partition coefficient (Wildman–Crippen LogP) is 8.68. The van der Waals surface area contributed by atoms with E-state index in [4.69, 9.17) is 14.7 Å². The summed E-state index contributed by atoms with van der Waals surface area (Å²) in [6.07, 6.45) is 7.94. The molecule has 1 amide bonds. The molecule has 0 spiro atoms. The van der Waals surface area contributed by atoms with Gasteiger partial charge in [-0.1, -0.05) is 41.5 Å². The molecule has 4 aliphatic rings. The van der Waals surface area contributed by atoms with E-state index < -0.39 is 25.3 Å². The molecule has 61 heavy (non-hydrogen) atoms. The van der Waals surface area contributed by atoms with E-state index in [0.717, 1.165) is 78.7 Å². The molecule has 4 aromatic rings. The number of rotatable bonds is 10. The molecule has 8 rings (SSSR count). The van der Waals surface area contributed by atoms with Crippen LogP contribution in [0.25, 0.3) is 22.1 Å². The second kappa shape index (κ2) is 17.2. The fourth-order valence-corrected chi connectivity index (χ4v) is 12.1. The van der Waals surface area contributed by atoms with Crippen LogP contribution in [0.3, 0.4) is 0 Å². The number of nitrogens with one attached hydrogen (secondary N) is 1. The van der Waals surface area contributed by atoms with Crippen molar-refractivity contribution in [3.8, 4) is 0 Å². The number of piperidine rings is 2. The minimum atomic E-state index is -3.45. The fraction of sp³-hybridized carbons (Fsp3) is 0.681. The summed E-state index contributed by atoms with van der Waals surface area (Å²) in [5.41, 5.74) is 2.93. The highest BCUT2D eigenvalue weighted by Gasteiger charge is 2.33. The van der Waals surface area contributed by atoms with Crippen molar-refractivity contribution >= 4 is 47.8 Å². The topological polar surface area (TPSA) is 145 Å². The summed E-state index contributed by atoms with van der Waals surface area (Å²) >= 11 is 0. The first-order valence-electron chi connectivity index (χ1n) is 22.6. The first-order valence-corrected chi connectivity index (χ1v) is 25.9. The number of imidazole rings is 2. The standard InChI is InChI=1S/C26H39N3O4S.C21H31N3O2S/c1-25(2,3)23-27-21-15-20(9-10-22(21)29(23)16-18-7-8-18)34(31,32)17-19-11-13-28(14-12-19)24(30)33-26(4,5)6;1-21(2,3)20-23-18-12-17(6-7-19(18)24(20)13-15-4-5-15)27(25,26)14-16-8-10-22-11-9-16/h9-10,15,18-19H,7-8,11-14,16-17H2,1-6H3;6-7,12,15-16,22H,4-5,8-11,13-14H2,1-3H3. The highest BCUT2D eigenvalue weighted by molar-refractivity contribution is 7.91. The summed E-state index contributed by atoms with van der Waals surface area (Å²) in [6, 6.07) is 11.0. The first-order chi connectivity index (χ1) is 28.5. The Hall–Kier alpha value is -3.49. The summed E-state index contributed by atoms with van der Waals surface area (Å²) in [5, 5.41) is 3.30. The van der Waals surface area contributed by atoms with Crippen molar-refractivity contribution in [1.29, 1.82) is 0 Å². The van der Waals surface area contributed by atoms with Gasteiger partial charge in [-0.2, -0.15) is 0 Å². The van der Waals surface area contributed by atoms with Crippen LogP contribution in [0.1, 0.15) is 125 Å². The fourth-order valence-electron chi connectivity index (χ4n) is 8.71. The zero-order chi connectivity index (χ0) is 44.1. The van der Waals surface area contributed by atoms with Gasteiger partial charge in [-0.3, -0.25) is 0 Å². The smallest absolute Gasteiger partial charge is 0.410 e. The van der Waals surface area contributed by atoms with E-state index in [9.17, 15) is 21.6 Å². The molecule has 12 nitrogen and oxygen atoms in total. The Morgan fingerprint density at radius 3 is 1.41 bits per heavy atom. The van der Waals surface area contributed by atoms with E-state index in [2.05, 4.69) is 56.0 Å². The summed E-state index contributed by atoms with van der Waals surface area (Å²) in [7, 11) is -6.73. The van der Waals surface area contributed by atoms with Crippen LogP contribution >= 0.6 is 0 Å². The molecule has 0 bridgehead atoms. The molecule has 2 aliphatic heterocycles. The van der Waals surface area contributed by atoms with Crippen molar-refractivity contribution in [1.82, 2.24) is 29.3 Å². The third kappa shape index (κ3) is 11.4. The van der Waals surface area contributed by atoms with Crippen molar-refractivity contribution in [3.05, 3.63) is 48.0 Å². The molecule has 2 saturated heterocycles. The second-order valence-corrected chi connectivity index (χ2v) is 25.5. The van der Waals surface area contributed by atoms with Gasteiger partial charge in [0.1, 0.15) is 17.2 Å². The average molecular weight is 879 g/mol. The SMILES string of the molecule is CC(C)(C)OC(=O)N1CCC(CS(=O)(=O)c2ccc3c(c2)nc(C(C)(C)C)n3CC2CC2)CC1.CC(C)(C)c1nc2cc(S(=O)(=O)CC3CCNCC3)ccc2n1CC1CC1. The predicted molar refractivity (Wildman–Crippen MR) is 243 cm³/mol. The summed E-state index contributed by atoms with van der Waals surface area (Å²) < 4.78 is 62.5. The first kappa shape index (κ1) is 45.5. The van der Waals surface area contributed by atoms with Crippen molar-refractivity contribution in [2.45, 2.75) is 153 Å². The van der Waals surface area contributed by atoms with Crippen molar-refractivity contribution in [2.24, 2.45) is 23.7 Å². The van der Waals surface area contributed by atoms with Crippen LogP contribution in [0.15, 0.2) is 46.2 Å². The van der Waals surface area contributed by atoms with Gasteiger partial charge in [0, 0.05) is 37.0 Å². The van der Waals surface area contributed by atoms with Gasteiger partial charge >= 0.3 is 6.09 Å². The lowest BCUT2D eigenvalue weighted by molar-refractivity contribution is 0.0191. The van der Waals surface area contributed by atoms with Crippen LogP contribution < -0.4 is 5.32 Å². The molecule has 0 atom stereocenters. The molecule has 0 radical (unpaired) electrons. The van der Waals surface area contributed by atoms with Crippen LogP contribution in [0.4, 0.5) is 4.79 Å². The van der Waals surface area contributed by atoms with Gasteiger partial charge < -0.3 is 24.1 Å².